The molecular formula is C59H92N2O8. The van der Waals surface area contributed by atoms with Crippen LogP contribution < -0.4 is 4.74 Å². The van der Waals surface area contributed by atoms with Crippen molar-refractivity contribution >= 4 is 29.2 Å². The van der Waals surface area contributed by atoms with Crippen molar-refractivity contribution in [3.63, 3.8) is 0 Å². The number of carbonyl (C=O) groups excluding carboxylic acids is 4. The van der Waals surface area contributed by atoms with Crippen LogP contribution in [-0.2, 0) is 23.9 Å². The zero-order valence-corrected chi connectivity index (χ0v) is 43.8. The summed E-state index contributed by atoms with van der Waals surface area (Å²) in [4.78, 5) is 56.7. The highest BCUT2D eigenvalue weighted by Gasteiger charge is 2.59. The minimum absolute atomic E-state index is 0.00965. The zero-order valence-electron chi connectivity index (χ0n) is 43.8. The van der Waals surface area contributed by atoms with E-state index in [1.54, 1.807) is 10.5 Å². The van der Waals surface area contributed by atoms with E-state index in [-0.39, 0.29) is 54.2 Å². The van der Waals surface area contributed by atoms with Crippen LogP contribution in [0.5, 0.6) is 5.75 Å². The minimum atomic E-state index is -0.553. The zero-order chi connectivity index (χ0) is 49.6. The molecule has 10 heteroatoms. The monoisotopic (exact) mass is 957 g/mol. The Hall–Kier alpha value is -3.37. The summed E-state index contributed by atoms with van der Waals surface area (Å²) in [6.07, 6.45) is 24.9. The fourth-order valence-electron chi connectivity index (χ4n) is 14.0. The fraction of sp³-hybridized carbons (Fsp3) is 0.780. The molecule has 69 heavy (non-hydrogen) atoms. The number of ether oxygens (including phenoxy) is 2. The van der Waals surface area contributed by atoms with E-state index in [9.17, 15) is 29.4 Å². The number of esters is 1. The van der Waals surface area contributed by atoms with Crippen LogP contribution in [0, 0.1) is 46.3 Å². The lowest BCUT2D eigenvalue weighted by Gasteiger charge is -2.58. The van der Waals surface area contributed by atoms with Gasteiger partial charge in [-0.25, -0.2) is 0 Å². The first kappa shape index (κ1) is 55.0. The third kappa shape index (κ3) is 15.1. The number of rotatable bonds is 28. The predicted octanol–water partition coefficient (Wildman–Crippen LogP) is 12.0. The Morgan fingerprint density at radius 3 is 2.23 bits per heavy atom. The second-order valence-electron chi connectivity index (χ2n) is 23.3. The summed E-state index contributed by atoms with van der Waals surface area (Å²) in [7, 11) is 0. The van der Waals surface area contributed by atoms with Crippen LogP contribution in [0.3, 0.4) is 0 Å². The number of benzene rings is 1. The summed E-state index contributed by atoms with van der Waals surface area (Å²) in [5, 5.41) is 19.2. The summed E-state index contributed by atoms with van der Waals surface area (Å²) in [5.74, 6) is 5.89. The quantitative estimate of drug-likeness (QED) is 0.0366. The highest BCUT2D eigenvalue weighted by molar-refractivity contribution is 6.00. The van der Waals surface area contributed by atoms with Gasteiger partial charge in [-0.2, -0.15) is 0 Å². The van der Waals surface area contributed by atoms with Gasteiger partial charge in [0.2, 0.25) is 5.91 Å². The van der Waals surface area contributed by atoms with E-state index in [1.807, 2.05) is 31.2 Å². The molecule has 1 aromatic rings. The Kier molecular flexibility index (Phi) is 21.0. The van der Waals surface area contributed by atoms with Crippen molar-refractivity contribution in [2.75, 3.05) is 26.3 Å². The number of aliphatic hydroxyl groups excluding tert-OH is 2. The molecule has 0 bridgehead atoms. The number of allylic oxidation sites excluding steroid dienone is 1. The lowest BCUT2D eigenvalue weighted by molar-refractivity contribution is -0.151. The van der Waals surface area contributed by atoms with Crippen molar-refractivity contribution < 1.29 is 38.9 Å². The normalized spacial score (nSPS) is 29.2. The Morgan fingerprint density at radius 2 is 1.49 bits per heavy atom. The number of ketones is 2. The molecule has 10 nitrogen and oxygen atoms in total. The average molecular weight is 957 g/mol. The topological polar surface area (TPSA) is 143 Å². The fourth-order valence-corrected chi connectivity index (χ4v) is 14.0. The number of amides is 1. The lowest BCUT2D eigenvalue weighted by Crippen LogP contribution is -2.51. The molecule has 4 fully saturated rings. The van der Waals surface area contributed by atoms with Gasteiger partial charge >= 0.3 is 5.97 Å². The molecule has 0 spiro atoms. The molecule has 1 aliphatic heterocycles. The number of aliphatic imine (C=N–C) groups is 1. The maximum atomic E-state index is 13.0. The number of hydrogen-bond acceptors (Lipinski definition) is 9. The standard InChI is InChI=1S/C59H92N2O8/c1-41(2)16-14-17-42(3)53-29-30-54-52-28-25-45-36-51(31-33-58(45,5)55(52)32-34-59(53,54)6)69-57(67)22-13-9-11-19-48(64)38-60-43(4)44-23-26-50(27-24-44)68-35-15-20-47(63)18-10-7-8-12-21-56(66)61-39-49(65)37-46(61)40-62/h23-27,41-42,46,49,51-55,62,65H,7-22,28-40H2,1-6H3/t42-,46+,49-,51+,52?,53-,54?,55?,58+,59-/m1/s1. The van der Waals surface area contributed by atoms with Crippen LogP contribution in [0.2, 0.25) is 0 Å². The third-order valence-electron chi connectivity index (χ3n) is 18.0. The highest BCUT2D eigenvalue weighted by atomic mass is 16.5. The first-order chi connectivity index (χ1) is 33.1. The van der Waals surface area contributed by atoms with E-state index in [2.05, 4.69) is 45.7 Å². The smallest absolute Gasteiger partial charge is 0.306 e. The van der Waals surface area contributed by atoms with Gasteiger partial charge in [0.25, 0.3) is 0 Å². The molecule has 10 atom stereocenters. The van der Waals surface area contributed by atoms with Gasteiger partial charge in [0.1, 0.15) is 17.6 Å². The molecule has 5 aliphatic rings. The van der Waals surface area contributed by atoms with E-state index in [0.717, 1.165) is 117 Å². The number of carbonyl (C=O) groups is 4. The number of fused-ring (bicyclic) bond motifs is 5. The Morgan fingerprint density at radius 1 is 0.797 bits per heavy atom. The molecule has 3 unspecified atom stereocenters. The second-order valence-corrected chi connectivity index (χ2v) is 23.3. The predicted molar refractivity (Wildman–Crippen MR) is 275 cm³/mol. The van der Waals surface area contributed by atoms with Crippen molar-refractivity contribution in [3.05, 3.63) is 41.5 Å². The first-order valence-electron chi connectivity index (χ1n) is 27.9. The third-order valence-corrected chi connectivity index (χ3v) is 18.0. The second kappa shape index (κ2) is 26.4. The van der Waals surface area contributed by atoms with E-state index < -0.39 is 6.10 Å². The van der Waals surface area contributed by atoms with E-state index >= 15 is 0 Å². The van der Waals surface area contributed by atoms with Gasteiger partial charge in [0.05, 0.1) is 31.9 Å². The van der Waals surface area contributed by atoms with Gasteiger partial charge in [-0.1, -0.05) is 84.8 Å². The van der Waals surface area contributed by atoms with Crippen LogP contribution in [0.25, 0.3) is 0 Å². The molecular weight excluding hydrogens is 865 g/mol. The number of likely N-dealkylation sites (tertiary alicyclic amines) is 1. The van der Waals surface area contributed by atoms with Gasteiger partial charge in [-0.15, -0.1) is 0 Å². The van der Waals surface area contributed by atoms with Crippen molar-refractivity contribution in [3.8, 4) is 5.75 Å². The SMILES string of the molecule is CC(=NCC(=O)CCCCCC(=O)O[C@H]1CC[C@@]2(C)C(=CCC3C2CC[C@@]2(C)C3CC[C@@H]2[C@H](C)CCCC(C)C)C1)c1ccc(OCCCC(=O)CCCCCCC(=O)N2C[C@H](O)C[C@H]2CO)cc1. The van der Waals surface area contributed by atoms with Crippen LogP contribution in [0.1, 0.15) is 208 Å². The number of hydrogen-bond donors (Lipinski definition) is 2. The van der Waals surface area contributed by atoms with E-state index in [0.29, 0.717) is 63.5 Å². The van der Waals surface area contributed by atoms with Crippen LogP contribution in [0.4, 0.5) is 0 Å². The van der Waals surface area contributed by atoms with E-state index in [1.165, 1.54) is 51.4 Å². The molecule has 0 radical (unpaired) electrons. The van der Waals surface area contributed by atoms with Gasteiger partial charge in [-0.3, -0.25) is 24.2 Å². The van der Waals surface area contributed by atoms with Crippen molar-refractivity contribution in [2.24, 2.45) is 51.3 Å². The molecule has 4 aliphatic carbocycles. The maximum Gasteiger partial charge on any atom is 0.306 e. The minimum Gasteiger partial charge on any atom is -0.494 e. The molecule has 1 saturated heterocycles. The molecule has 0 aromatic heterocycles. The molecule has 2 N–H and O–H groups in total. The number of nitrogens with zero attached hydrogens (tertiary/aromatic N) is 2. The van der Waals surface area contributed by atoms with Crippen LogP contribution in [0.15, 0.2) is 40.9 Å². The number of β-amino-alcohol motifs (C(OH)–C–C–N with tert-alkyl or cyclic N) is 1. The van der Waals surface area contributed by atoms with E-state index in [4.69, 9.17) is 9.47 Å². The highest BCUT2D eigenvalue weighted by Crippen LogP contribution is 2.67. The maximum absolute atomic E-state index is 13.0. The molecule has 1 heterocycles. The Bertz CT molecular complexity index is 1890. The molecule has 1 aromatic carbocycles. The van der Waals surface area contributed by atoms with Crippen LogP contribution in [-0.4, -0.2) is 88.8 Å². The average Bonchev–Trinajstić information content (AvgIpc) is 3.89. The van der Waals surface area contributed by atoms with Gasteiger partial charge in [0.15, 0.2) is 5.78 Å². The number of Topliss-reactive ketones (excluding diaryl/α,β-unsaturated/α-hetero) is 2. The Labute approximate surface area is 416 Å². The summed E-state index contributed by atoms with van der Waals surface area (Å²) in [6, 6.07) is 7.38. The number of unbranched alkanes of at least 4 members (excludes halogenated alkanes) is 5. The van der Waals surface area contributed by atoms with Crippen molar-refractivity contribution in [1.82, 2.24) is 4.90 Å². The molecule has 1 amide bonds. The van der Waals surface area contributed by atoms with Gasteiger partial charge in [0, 0.05) is 50.8 Å². The number of aliphatic hydroxyl groups is 2. The van der Waals surface area contributed by atoms with Crippen molar-refractivity contribution in [2.45, 2.75) is 220 Å². The molecule has 386 valence electrons. The largest absolute Gasteiger partial charge is 0.494 e. The lowest BCUT2D eigenvalue weighted by atomic mass is 9.47. The van der Waals surface area contributed by atoms with Gasteiger partial charge in [-0.05, 0) is 167 Å². The Balaban J connectivity index is 0.788. The summed E-state index contributed by atoms with van der Waals surface area (Å²) in [5.41, 5.74) is 4.04. The summed E-state index contributed by atoms with van der Waals surface area (Å²) < 4.78 is 12.0. The molecule has 6 rings (SSSR count). The van der Waals surface area contributed by atoms with Gasteiger partial charge < -0.3 is 24.6 Å². The van der Waals surface area contributed by atoms with Crippen LogP contribution >= 0.6 is 0 Å². The summed E-state index contributed by atoms with van der Waals surface area (Å²) in [6.45, 7) is 15.2. The molecule has 3 saturated carbocycles. The van der Waals surface area contributed by atoms with Crippen molar-refractivity contribution in [1.29, 1.82) is 0 Å². The first-order valence-corrected chi connectivity index (χ1v) is 27.9. The summed E-state index contributed by atoms with van der Waals surface area (Å²) >= 11 is 0.